The van der Waals surface area contributed by atoms with Crippen LogP contribution in [0.15, 0.2) is 16.3 Å². The second-order valence-electron chi connectivity index (χ2n) is 2.76. The fourth-order valence-electron chi connectivity index (χ4n) is 0.957. The fraction of sp³-hybridized carbons (Fsp3) is 0.500. The van der Waals surface area contributed by atoms with Gasteiger partial charge >= 0.3 is 0 Å². The lowest BCUT2D eigenvalue weighted by atomic mass is 10.4. The SMILES string of the molecule is CCc1ccc(S(=O)(=O)NCCN)s1.Cl. The van der Waals surface area contributed by atoms with E-state index in [4.69, 9.17) is 5.73 Å². The van der Waals surface area contributed by atoms with Crippen LogP contribution in [-0.4, -0.2) is 21.5 Å². The Morgan fingerprint density at radius 1 is 1.47 bits per heavy atom. The van der Waals surface area contributed by atoms with E-state index >= 15 is 0 Å². The van der Waals surface area contributed by atoms with Crippen molar-refractivity contribution in [1.29, 1.82) is 0 Å². The van der Waals surface area contributed by atoms with Gasteiger partial charge in [-0.3, -0.25) is 0 Å². The van der Waals surface area contributed by atoms with Gasteiger partial charge in [0.2, 0.25) is 10.0 Å². The number of halogens is 1. The molecule has 4 nitrogen and oxygen atoms in total. The highest BCUT2D eigenvalue weighted by Crippen LogP contribution is 2.21. The van der Waals surface area contributed by atoms with Crippen molar-refractivity contribution in [2.24, 2.45) is 5.73 Å². The zero-order chi connectivity index (χ0) is 10.6. The Hall–Kier alpha value is -0.140. The maximum Gasteiger partial charge on any atom is 0.250 e. The number of thiophene rings is 1. The molecule has 0 amide bonds. The molecule has 0 aliphatic carbocycles. The summed E-state index contributed by atoms with van der Waals surface area (Å²) in [6, 6.07) is 3.46. The number of rotatable bonds is 5. The molecule has 1 rings (SSSR count). The van der Waals surface area contributed by atoms with Gasteiger partial charge in [0.05, 0.1) is 0 Å². The molecule has 3 N–H and O–H groups in total. The van der Waals surface area contributed by atoms with Crippen LogP contribution >= 0.6 is 23.7 Å². The molecule has 1 aromatic heterocycles. The van der Waals surface area contributed by atoms with E-state index in [2.05, 4.69) is 4.72 Å². The van der Waals surface area contributed by atoms with Gasteiger partial charge in [-0.1, -0.05) is 6.92 Å². The number of hydrogen-bond donors (Lipinski definition) is 2. The van der Waals surface area contributed by atoms with Crippen LogP contribution < -0.4 is 10.5 Å². The van der Waals surface area contributed by atoms with Gasteiger partial charge in [-0.2, -0.15) is 0 Å². The predicted molar refractivity (Wildman–Crippen MR) is 65.2 cm³/mol. The third kappa shape index (κ3) is 4.08. The maximum atomic E-state index is 11.6. The number of nitrogens with one attached hydrogen (secondary N) is 1. The van der Waals surface area contributed by atoms with Crippen LogP contribution in [-0.2, 0) is 16.4 Å². The van der Waals surface area contributed by atoms with E-state index in [1.165, 1.54) is 11.3 Å². The van der Waals surface area contributed by atoms with Crippen molar-refractivity contribution in [1.82, 2.24) is 4.72 Å². The van der Waals surface area contributed by atoms with E-state index in [1.54, 1.807) is 6.07 Å². The summed E-state index contributed by atoms with van der Waals surface area (Å²) in [5.74, 6) is 0. The van der Waals surface area contributed by atoms with Crippen LogP contribution in [0.25, 0.3) is 0 Å². The molecule has 0 aliphatic rings. The van der Waals surface area contributed by atoms with Crippen molar-refractivity contribution in [3.8, 4) is 0 Å². The number of nitrogens with two attached hydrogens (primary N) is 1. The molecular weight excluding hydrogens is 256 g/mol. The van der Waals surface area contributed by atoms with Crippen molar-refractivity contribution in [2.75, 3.05) is 13.1 Å². The minimum absolute atomic E-state index is 0. The minimum Gasteiger partial charge on any atom is -0.329 e. The van der Waals surface area contributed by atoms with Crippen LogP contribution in [0.3, 0.4) is 0 Å². The molecule has 1 aromatic rings. The molecule has 15 heavy (non-hydrogen) atoms. The average Bonchev–Trinajstić information content (AvgIpc) is 2.63. The highest BCUT2D eigenvalue weighted by atomic mass is 35.5. The Bertz CT molecular complexity index is 389. The Morgan fingerprint density at radius 2 is 2.13 bits per heavy atom. The van der Waals surface area contributed by atoms with Crippen molar-refractivity contribution in [3.05, 3.63) is 17.0 Å². The molecule has 0 unspecified atom stereocenters. The molecule has 88 valence electrons. The van der Waals surface area contributed by atoms with E-state index < -0.39 is 10.0 Å². The summed E-state index contributed by atoms with van der Waals surface area (Å²) in [5.41, 5.74) is 5.22. The first-order valence-electron chi connectivity index (χ1n) is 4.38. The number of sulfonamides is 1. The lowest BCUT2D eigenvalue weighted by Crippen LogP contribution is -2.28. The van der Waals surface area contributed by atoms with E-state index in [9.17, 15) is 8.42 Å². The molecule has 0 spiro atoms. The van der Waals surface area contributed by atoms with E-state index in [0.717, 1.165) is 11.3 Å². The van der Waals surface area contributed by atoms with E-state index in [-0.39, 0.29) is 19.0 Å². The first-order chi connectivity index (χ1) is 6.60. The first-order valence-corrected chi connectivity index (χ1v) is 6.68. The fourth-order valence-corrected chi connectivity index (χ4v) is 3.34. The van der Waals surface area contributed by atoms with Crippen LogP contribution in [0.5, 0.6) is 0 Å². The van der Waals surface area contributed by atoms with Gasteiger partial charge in [0.25, 0.3) is 0 Å². The molecule has 0 aromatic carbocycles. The second kappa shape index (κ2) is 6.44. The monoisotopic (exact) mass is 270 g/mol. The van der Waals surface area contributed by atoms with Gasteiger partial charge in [0, 0.05) is 18.0 Å². The van der Waals surface area contributed by atoms with Crippen LogP contribution in [0, 0.1) is 0 Å². The molecule has 1 heterocycles. The van der Waals surface area contributed by atoms with Crippen molar-refractivity contribution >= 4 is 33.8 Å². The summed E-state index contributed by atoms with van der Waals surface area (Å²) >= 11 is 1.30. The summed E-state index contributed by atoms with van der Waals surface area (Å²) in [7, 11) is -3.32. The molecule has 0 atom stereocenters. The highest BCUT2D eigenvalue weighted by molar-refractivity contribution is 7.91. The van der Waals surface area contributed by atoms with Crippen molar-refractivity contribution in [3.63, 3.8) is 0 Å². The minimum atomic E-state index is -3.32. The third-order valence-corrected chi connectivity index (χ3v) is 4.87. The second-order valence-corrected chi connectivity index (χ2v) is 5.92. The Balaban J connectivity index is 0.00000196. The van der Waals surface area contributed by atoms with Gasteiger partial charge in [-0.15, -0.1) is 23.7 Å². The molecule has 0 saturated carbocycles. The van der Waals surface area contributed by atoms with Crippen LogP contribution in [0.1, 0.15) is 11.8 Å². The van der Waals surface area contributed by atoms with Gasteiger partial charge in [-0.05, 0) is 18.6 Å². The highest BCUT2D eigenvalue weighted by Gasteiger charge is 2.14. The summed E-state index contributed by atoms with van der Waals surface area (Å²) in [6.07, 6.45) is 0.858. The quantitative estimate of drug-likeness (QED) is 0.837. The number of aryl methyl sites for hydroxylation is 1. The average molecular weight is 271 g/mol. The zero-order valence-corrected chi connectivity index (χ0v) is 10.8. The predicted octanol–water partition coefficient (Wildman–Crippen LogP) is 0.969. The smallest absolute Gasteiger partial charge is 0.250 e. The lowest BCUT2D eigenvalue weighted by Gasteiger charge is -2.01. The van der Waals surface area contributed by atoms with E-state index in [1.807, 2.05) is 13.0 Å². The van der Waals surface area contributed by atoms with Crippen LogP contribution in [0.4, 0.5) is 0 Å². The van der Waals surface area contributed by atoms with Crippen LogP contribution in [0.2, 0.25) is 0 Å². The van der Waals surface area contributed by atoms with Crippen molar-refractivity contribution in [2.45, 2.75) is 17.6 Å². The molecule has 0 fully saturated rings. The molecular formula is C8H15ClN2O2S2. The summed E-state index contributed by atoms with van der Waals surface area (Å²) in [5, 5.41) is 0. The van der Waals surface area contributed by atoms with E-state index in [0.29, 0.717) is 10.8 Å². The largest absolute Gasteiger partial charge is 0.329 e. The Morgan fingerprint density at radius 3 is 2.60 bits per heavy atom. The Labute approximate surface area is 100 Å². The van der Waals surface area contributed by atoms with Gasteiger partial charge in [0.15, 0.2) is 0 Å². The Kier molecular flexibility index (Phi) is 6.38. The summed E-state index contributed by atoms with van der Waals surface area (Å²) in [6.45, 7) is 2.59. The standard InChI is InChI=1S/C8H14N2O2S2.ClH/c1-2-7-3-4-8(13-7)14(11,12)10-6-5-9;/h3-4,10H,2,5-6,9H2,1H3;1H. The number of hydrogen-bond acceptors (Lipinski definition) is 4. The summed E-state index contributed by atoms with van der Waals surface area (Å²) < 4.78 is 25.9. The van der Waals surface area contributed by atoms with Gasteiger partial charge < -0.3 is 5.73 Å². The van der Waals surface area contributed by atoms with Gasteiger partial charge in [0.1, 0.15) is 4.21 Å². The first kappa shape index (κ1) is 14.9. The summed E-state index contributed by atoms with van der Waals surface area (Å²) in [4.78, 5) is 1.07. The molecule has 0 saturated heterocycles. The molecule has 0 radical (unpaired) electrons. The molecule has 0 bridgehead atoms. The maximum absolute atomic E-state index is 11.6. The third-order valence-electron chi connectivity index (χ3n) is 1.69. The molecule has 0 aliphatic heterocycles. The zero-order valence-electron chi connectivity index (χ0n) is 8.39. The molecule has 7 heteroatoms. The van der Waals surface area contributed by atoms with Gasteiger partial charge in [-0.25, -0.2) is 13.1 Å². The van der Waals surface area contributed by atoms with Crippen molar-refractivity contribution < 1.29 is 8.42 Å². The lowest BCUT2D eigenvalue weighted by molar-refractivity contribution is 0.584. The normalized spacial score (nSPS) is 11.1. The topological polar surface area (TPSA) is 72.2 Å².